The zero-order valence-electron chi connectivity index (χ0n) is 16.2. The van der Waals surface area contributed by atoms with Gasteiger partial charge < -0.3 is 9.84 Å². The van der Waals surface area contributed by atoms with Crippen LogP contribution in [0.3, 0.4) is 0 Å². The molecule has 0 radical (unpaired) electrons. The third-order valence-electron chi connectivity index (χ3n) is 6.62. The summed E-state index contributed by atoms with van der Waals surface area (Å²) in [4.78, 5) is 12.4. The van der Waals surface area contributed by atoms with Gasteiger partial charge in [0, 0.05) is 0 Å². The Bertz CT molecular complexity index is 387. The van der Waals surface area contributed by atoms with Crippen LogP contribution in [0.2, 0.25) is 0 Å². The fraction of sp³-hybridized carbons (Fsp3) is 0.952. The third-order valence-corrected chi connectivity index (χ3v) is 6.62. The molecule has 140 valence electrons. The van der Waals surface area contributed by atoms with Gasteiger partial charge in [-0.15, -0.1) is 0 Å². The summed E-state index contributed by atoms with van der Waals surface area (Å²) in [5.41, 5.74) is 0. The number of hydrogen-bond donors (Lipinski definition) is 1. The van der Waals surface area contributed by atoms with Crippen molar-refractivity contribution in [1.82, 2.24) is 0 Å². The first-order chi connectivity index (χ1) is 11.4. The SMILES string of the molecule is CC(C)[C@@H]1CC[C@@H](C)C[C@@H]1COC(=O)[C@@H](C)[C@@H](O)C1CCCCC1. The first kappa shape index (κ1) is 19.8. The summed E-state index contributed by atoms with van der Waals surface area (Å²) in [5, 5.41) is 10.5. The standard InChI is InChI=1S/C21H38O3/c1-14(2)19-11-10-15(3)12-18(19)13-24-21(23)16(4)20(22)17-8-6-5-7-9-17/h14-20,22H,5-13H2,1-4H3/t15-,16+,18-,19+,20-/m1/s1. The number of aliphatic hydroxyl groups is 1. The van der Waals surface area contributed by atoms with E-state index >= 15 is 0 Å². The Hall–Kier alpha value is -0.570. The van der Waals surface area contributed by atoms with Gasteiger partial charge in [-0.05, 0) is 62.2 Å². The highest BCUT2D eigenvalue weighted by Crippen LogP contribution is 2.38. The van der Waals surface area contributed by atoms with Crippen LogP contribution < -0.4 is 0 Å². The van der Waals surface area contributed by atoms with Crippen molar-refractivity contribution in [1.29, 1.82) is 0 Å². The van der Waals surface area contributed by atoms with E-state index in [-0.39, 0.29) is 11.9 Å². The number of ether oxygens (including phenoxy) is 1. The van der Waals surface area contributed by atoms with Crippen LogP contribution in [0.5, 0.6) is 0 Å². The summed E-state index contributed by atoms with van der Waals surface area (Å²) in [6.45, 7) is 9.25. The van der Waals surface area contributed by atoms with Crippen molar-refractivity contribution in [3.63, 3.8) is 0 Å². The van der Waals surface area contributed by atoms with Crippen LogP contribution in [0.15, 0.2) is 0 Å². The minimum absolute atomic E-state index is 0.200. The predicted octanol–water partition coefficient (Wildman–Crippen LogP) is 4.82. The highest BCUT2D eigenvalue weighted by molar-refractivity contribution is 5.72. The van der Waals surface area contributed by atoms with Gasteiger partial charge in [0.2, 0.25) is 0 Å². The number of carbonyl (C=O) groups is 1. The lowest BCUT2D eigenvalue weighted by Crippen LogP contribution is -2.37. The molecule has 0 bridgehead atoms. The summed E-state index contributed by atoms with van der Waals surface area (Å²) in [6, 6.07) is 0. The number of rotatable bonds is 6. The molecule has 3 heteroatoms. The first-order valence-electron chi connectivity index (χ1n) is 10.2. The maximum atomic E-state index is 12.4. The van der Waals surface area contributed by atoms with Gasteiger partial charge >= 0.3 is 5.97 Å². The maximum absolute atomic E-state index is 12.4. The van der Waals surface area contributed by atoms with E-state index in [1.807, 2.05) is 6.92 Å². The van der Waals surface area contributed by atoms with Gasteiger partial charge in [0.05, 0.1) is 18.6 Å². The molecule has 2 aliphatic rings. The Morgan fingerprint density at radius 3 is 2.38 bits per heavy atom. The first-order valence-corrected chi connectivity index (χ1v) is 10.2. The molecular formula is C21H38O3. The molecule has 0 aromatic carbocycles. The predicted molar refractivity (Wildman–Crippen MR) is 97.5 cm³/mol. The van der Waals surface area contributed by atoms with Crippen molar-refractivity contribution < 1.29 is 14.6 Å². The Balaban J connectivity index is 1.83. The van der Waals surface area contributed by atoms with Crippen LogP contribution in [0.25, 0.3) is 0 Å². The van der Waals surface area contributed by atoms with Crippen LogP contribution in [0.4, 0.5) is 0 Å². The largest absolute Gasteiger partial charge is 0.465 e. The minimum atomic E-state index is -0.538. The number of esters is 1. The Morgan fingerprint density at radius 2 is 1.75 bits per heavy atom. The Morgan fingerprint density at radius 1 is 1.08 bits per heavy atom. The highest BCUT2D eigenvalue weighted by atomic mass is 16.5. The van der Waals surface area contributed by atoms with Crippen molar-refractivity contribution >= 4 is 5.97 Å². The Labute approximate surface area is 148 Å². The molecule has 2 rings (SSSR count). The molecule has 0 amide bonds. The molecule has 0 saturated heterocycles. The second-order valence-electron chi connectivity index (χ2n) is 8.89. The number of hydrogen-bond acceptors (Lipinski definition) is 3. The molecule has 2 saturated carbocycles. The van der Waals surface area contributed by atoms with E-state index in [0.29, 0.717) is 24.4 Å². The molecule has 0 unspecified atom stereocenters. The molecule has 24 heavy (non-hydrogen) atoms. The normalized spacial score (nSPS) is 31.7. The zero-order valence-corrected chi connectivity index (χ0v) is 16.2. The lowest BCUT2D eigenvalue weighted by molar-refractivity contribution is -0.156. The third kappa shape index (κ3) is 5.21. The van der Waals surface area contributed by atoms with Crippen molar-refractivity contribution in [3.8, 4) is 0 Å². The van der Waals surface area contributed by atoms with Crippen molar-refractivity contribution in [2.45, 2.75) is 85.2 Å². The van der Waals surface area contributed by atoms with Crippen LogP contribution >= 0.6 is 0 Å². The van der Waals surface area contributed by atoms with E-state index < -0.39 is 12.0 Å². The quantitative estimate of drug-likeness (QED) is 0.707. The van der Waals surface area contributed by atoms with E-state index in [4.69, 9.17) is 4.74 Å². The molecule has 5 atom stereocenters. The summed E-state index contributed by atoms with van der Waals surface area (Å²) < 4.78 is 5.69. The van der Waals surface area contributed by atoms with Gasteiger partial charge in [-0.2, -0.15) is 0 Å². The summed E-state index contributed by atoms with van der Waals surface area (Å²) in [5.74, 6) is 2.20. The molecule has 0 spiro atoms. The van der Waals surface area contributed by atoms with Crippen molar-refractivity contribution in [2.75, 3.05) is 6.61 Å². The second-order valence-corrected chi connectivity index (χ2v) is 8.89. The summed E-state index contributed by atoms with van der Waals surface area (Å²) in [6.07, 6.45) is 8.89. The van der Waals surface area contributed by atoms with Gasteiger partial charge in [-0.25, -0.2) is 0 Å². The van der Waals surface area contributed by atoms with Crippen LogP contribution in [0, 0.1) is 35.5 Å². The van der Waals surface area contributed by atoms with E-state index in [9.17, 15) is 9.90 Å². The van der Waals surface area contributed by atoms with Crippen LogP contribution in [-0.4, -0.2) is 23.8 Å². The Kier molecular flexibility index (Phi) is 7.59. The molecular weight excluding hydrogens is 300 g/mol. The van der Waals surface area contributed by atoms with Crippen molar-refractivity contribution in [3.05, 3.63) is 0 Å². The van der Waals surface area contributed by atoms with Crippen LogP contribution in [-0.2, 0) is 9.53 Å². The van der Waals surface area contributed by atoms with Gasteiger partial charge in [-0.3, -0.25) is 4.79 Å². The zero-order chi connectivity index (χ0) is 17.7. The van der Waals surface area contributed by atoms with Crippen LogP contribution in [0.1, 0.15) is 79.1 Å². The van der Waals surface area contributed by atoms with E-state index in [1.54, 1.807) is 0 Å². The molecule has 2 fully saturated rings. The molecule has 0 heterocycles. The average molecular weight is 339 g/mol. The van der Waals surface area contributed by atoms with E-state index in [1.165, 1.54) is 32.1 Å². The molecule has 1 N–H and O–H groups in total. The fourth-order valence-corrected chi connectivity index (χ4v) is 4.94. The fourth-order valence-electron chi connectivity index (χ4n) is 4.94. The molecule has 3 nitrogen and oxygen atoms in total. The molecule has 0 aromatic rings. The smallest absolute Gasteiger partial charge is 0.311 e. The summed E-state index contributed by atoms with van der Waals surface area (Å²) in [7, 11) is 0. The maximum Gasteiger partial charge on any atom is 0.311 e. The highest BCUT2D eigenvalue weighted by Gasteiger charge is 2.34. The lowest BCUT2D eigenvalue weighted by Gasteiger charge is -2.37. The second kappa shape index (κ2) is 9.22. The van der Waals surface area contributed by atoms with E-state index in [0.717, 1.165) is 25.2 Å². The average Bonchev–Trinajstić information content (AvgIpc) is 2.58. The van der Waals surface area contributed by atoms with Crippen molar-refractivity contribution in [2.24, 2.45) is 35.5 Å². The monoisotopic (exact) mass is 338 g/mol. The van der Waals surface area contributed by atoms with E-state index in [2.05, 4.69) is 20.8 Å². The minimum Gasteiger partial charge on any atom is -0.465 e. The topological polar surface area (TPSA) is 46.5 Å². The van der Waals surface area contributed by atoms with Gasteiger partial charge in [0.25, 0.3) is 0 Å². The van der Waals surface area contributed by atoms with Gasteiger partial charge in [0.1, 0.15) is 0 Å². The van der Waals surface area contributed by atoms with Gasteiger partial charge in [0.15, 0.2) is 0 Å². The molecule has 2 aliphatic carbocycles. The molecule has 0 aromatic heterocycles. The number of aliphatic hydroxyl groups excluding tert-OH is 1. The van der Waals surface area contributed by atoms with Gasteiger partial charge in [-0.1, -0.05) is 46.5 Å². The number of carbonyl (C=O) groups excluding carboxylic acids is 1. The molecule has 0 aliphatic heterocycles. The lowest BCUT2D eigenvalue weighted by atomic mass is 9.70. The summed E-state index contributed by atoms with van der Waals surface area (Å²) >= 11 is 0.